The lowest BCUT2D eigenvalue weighted by Crippen LogP contribution is -2.52. The minimum Gasteiger partial charge on any atom is -0.478 e. The molecule has 0 unspecified atom stereocenters. The molecule has 0 heterocycles. The summed E-state index contributed by atoms with van der Waals surface area (Å²) in [6.45, 7) is 2.03. The van der Waals surface area contributed by atoms with Crippen molar-refractivity contribution in [2.75, 3.05) is 5.32 Å². The number of amides is 2. The van der Waals surface area contributed by atoms with E-state index in [1.807, 2.05) is 6.92 Å². The van der Waals surface area contributed by atoms with Crippen LogP contribution in [0, 0.1) is 0 Å². The fraction of sp³-hybridized carbons (Fsp3) is 0.333. The van der Waals surface area contributed by atoms with Gasteiger partial charge in [0.1, 0.15) is 0 Å². The number of benzene rings is 1. The predicted octanol–water partition coefficient (Wildman–Crippen LogP) is 2.85. The van der Waals surface area contributed by atoms with Gasteiger partial charge in [-0.3, -0.25) is 0 Å². The zero-order valence-electron chi connectivity index (χ0n) is 11.3. The van der Waals surface area contributed by atoms with Crippen LogP contribution >= 0.6 is 0 Å². The van der Waals surface area contributed by atoms with E-state index in [1.54, 1.807) is 24.3 Å². The second-order valence-corrected chi connectivity index (χ2v) is 5.29. The van der Waals surface area contributed by atoms with Gasteiger partial charge in [-0.2, -0.15) is 0 Å². The van der Waals surface area contributed by atoms with Crippen LogP contribution in [0.5, 0.6) is 0 Å². The fourth-order valence-corrected chi connectivity index (χ4v) is 2.16. The third kappa shape index (κ3) is 3.85. The summed E-state index contributed by atoms with van der Waals surface area (Å²) in [5.41, 5.74) is 1.27. The Labute approximate surface area is 117 Å². The predicted molar refractivity (Wildman–Crippen MR) is 77.5 cm³/mol. The van der Waals surface area contributed by atoms with E-state index in [0.717, 1.165) is 30.9 Å². The molecule has 1 saturated carbocycles. The molecule has 1 aromatic rings. The monoisotopic (exact) mass is 274 g/mol. The molecule has 0 radical (unpaired) electrons. The highest BCUT2D eigenvalue weighted by Crippen LogP contribution is 2.30. The normalized spacial score (nSPS) is 16.4. The summed E-state index contributed by atoms with van der Waals surface area (Å²) in [5, 5.41) is 14.3. The first-order valence-corrected chi connectivity index (χ1v) is 6.57. The van der Waals surface area contributed by atoms with Gasteiger partial charge in [-0.15, -0.1) is 0 Å². The molecule has 1 aliphatic carbocycles. The van der Waals surface area contributed by atoms with Gasteiger partial charge in [0, 0.05) is 17.3 Å². The van der Waals surface area contributed by atoms with Gasteiger partial charge in [0.25, 0.3) is 0 Å². The highest BCUT2D eigenvalue weighted by atomic mass is 16.4. The number of hydrogen-bond acceptors (Lipinski definition) is 2. The molecule has 0 aliphatic heterocycles. The van der Waals surface area contributed by atoms with Gasteiger partial charge in [-0.05, 0) is 50.0 Å². The molecule has 20 heavy (non-hydrogen) atoms. The summed E-state index contributed by atoms with van der Waals surface area (Å²) in [6.07, 6.45) is 5.70. The van der Waals surface area contributed by atoms with Crippen molar-refractivity contribution in [1.29, 1.82) is 0 Å². The van der Waals surface area contributed by atoms with E-state index in [-0.39, 0.29) is 11.6 Å². The van der Waals surface area contributed by atoms with E-state index in [0.29, 0.717) is 5.69 Å². The molecule has 0 spiro atoms. The van der Waals surface area contributed by atoms with Crippen LogP contribution in [-0.4, -0.2) is 22.6 Å². The molecule has 5 nitrogen and oxygen atoms in total. The molecule has 2 amide bonds. The summed E-state index contributed by atoms with van der Waals surface area (Å²) in [5.74, 6) is -1.00. The Morgan fingerprint density at radius 1 is 1.35 bits per heavy atom. The molecule has 1 fully saturated rings. The summed E-state index contributed by atoms with van der Waals surface area (Å²) >= 11 is 0. The lowest BCUT2D eigenvalue weighted by atomic mass is 9.79. The average Bonchev–Trinajstić information content (AvgIpc) is 2.35. The minimum absolute atomic E-state index is 0.0924. The van der Waals surface area contributed by atoms with E-state index in [1.165, 1.54) is 6.08 Å². The number of aliphatic carboxylic acids is 1. The Morgan fingerprint density at radius 2 is 2.10 bits per heavy atom. The molecule has 2 rings (SSSR count). The highest BCUT2D eigenvalue weighted by Gasteiger charge is 2.33. The van der Waals surface area contributed by atoms with Crippen LogP contribution in [0.1, 0.15) is 31.7 Å². The van der Waals surface area contributed by atoms with Crippen molar-refractivity contribution >= 4 is 23.8 Å². The van der Waals surface area contributed by atoms with Crippen LogP contribution in [0.15, 0.2) is 30.3 Å². The van der Waals surface area contributed by atoms with Gasteiger partial charge < -0.3 is 15.7 Å². The molecule has 106 valence electrons. The number of carboxylic acid groups (broad SMARTS) is 1. The first kappa shape index (κ1) is 14.1. The molecular formula is C15H18N2O3. The zero-order chi connectivity index (χ0) is 14.6. The van der Waals surface area contributed by atoms with Crippen LogP contribution in [0.3, 0.4) is 0 Å². The van der Waals surface area contributed by atoms with Crippen molar-refractivity contribution < 1.29 is 14.7 Å². The lowest BCUT2D eigenvalue weighted by Gasteiger charge is -2.39. The van der Waals surface area contributed by atoms with E-state index in [9.17, 15) is 9.59 Å². The van der Waals surface area contributed by atoms with Gasteiger partial charge in [0.15, 0.2) is 0 Å². The van der Waals surface area contributed by atoms with E-state index >= 15 is 0 Å². The summed E-state index contributed by atoms with van der Waals surface area (Å²) in [6, 6.07) is 6.80. The quantitative estimate of drug-likeness (QED) is 0.739. The molecular weight excluding hydrogens is 256 g/mol. The van der Waals surface area contributed by atoms with Gasteiger partial charge >= 0.3 is 12.0 Å². The first-order valence-electron chi connectivity index (χ1n) is 6.57. The summed E-state index contributed by atoms with van der Waals surface area (Å²) in [4.78, 5) is 22.3. The maximum absolute atomic E-state index is 11.9. The Hall–Kier alpha value is -2.30. The van der Waals surface area contributed by atoms with Crippen LogP contribution in [0.2, 0.25) is 0 Å². The molecule has 0 atom stereocenters. The smallest absolute Gasteiger partial charge is 0.328 e. The third-order valence-corrected chi connectivity index (χ3v) is 3.44. The third-order valence-electron chi connectivity index (χ3n) is 3.44. The number of rotatable bonds is 4. The Balaban J connectivity index is 1.97. The SMILES string of the molecule is CC1(NC(=O)Nc2cccc(/C=C/C(=O)O)c2)CCC1. The second kappa shape index (κ2) is 5.77. The number of carbonyl (C=O) groups excluding carboxylic acids is 1. The van der Waals surface area contributed by atoms with Crippen molar-refractivity contribution in [3.8, 4) is 0 Å². The Kier molecular flexibility index (Phi) is 4.08. The lowest BCUT2D eigenvalue weighted by molar-refractivity contribution is -0.131. The molecule has 1 aromatic carbocycles. The van der Waals surface area contributed by atoms with E-state index in [4.69, 9.17) is 5.11 Å². The number of anilines is 1. The van der Waals surface area contributed by atoms with Crippen molar-refractivity contribution in [2.24, 2.45) is 0 Å². The van der Waals surface area contributed by atoms with Gasteiger partial charge in [-0.25, -0.2) is 9.59 Å². The van der Waals surface area contributed by atoms with Gasteiger partial charge in [0.2, 0.25) is 0 Å². The van der Waals surface area contributed by atoms with Gasteiger partial charge in [0.05, 0.1) is 0 Å². The second-order valence-electron chi connectivity index (χ2n) is 5.29. The highest BCUT2D eigenvalue weighted by molar-refractivity contribution is 5.90. The summed E-state index contributed by atoms with van der Waals surface area (Å²) < 4.78 is 0. The average molecular weight is 274 g/mol. The minimum atomic E-state index is -1.00. The van der Waals surface area contributed by atoms with E-state index in [2.05, 4.69) is 10.6 Å². The molecule has 0 bridgehead atoms. The van der Waals surface area contributed by atoms with Gasteiger partial charge in [-0.1, -0.05) is 12.1 Å². The molecule has 0 aromatic heterocycles. The molecule has 3 N–H and O–H groups in total. The first-order chi connectivity index (χ1) is 9.47. The zero-order valence-corrected chi connectivity index (χ0v) is 11.3. The number of hydrogen-bond donors (Lipinski definition) is 3. The number of carbonyl (C=O) groups is 2. The Morgan fingerprint density at radius 3 is 2.70 bits per heavy atom. The largest absolute Gasteiger partial charge is 0.478 e. The van der Waals surface area contributed by atoms with Crippen LogP contribution in [0.4, 0.5) is 10.5 Å². The van der Waals surface area contributed by atoms with Crippen molar-refractivity contribution in [3.63, 3.8) is 0 Å². The topological polar surface area (TPSA) is 78.4 Å². The number of carboxylic acids is 1. The van der Waals surface area contributed by atoms with Crippen molar-refractivity contribution in [3.05, 3.63) is 35.9 Å². The van der Waals surface area contributed by atoms with Crippen molar-refractivity contribution in [2.45, 2.75) is 31.7 Å². The van der Waals surface area contributed by atoms with E-state index < -0.39 is 5.97 Å². The molecule has 5 heteroatoms. The van der Waals surface area contributed by atoms with Crippen LogP contribution < -0.4 is 10.6 Å². The van der Waals surface area contributed by atoms with Crippen molar-refractivity contribution in [1.82, 2.24) is 5.32 Å². The molecule has 0 saturated heterocycles. The Bertz CT molecular complexity index is 548. The maximum Gasteiger partial charge on any atom is 0.328 e. The standard InChI is InChI=1S/C15H18N2O3/c1-15(8-3-9-15)17-14(20)16-12-5-2-4-11(10-12)6-7-13(18)19/h2,4-7,10H,3,8-9H2,1H3,(H,18,19)(H2,16,17,20)/b7-6+. The summed E-state index contributed by atoms with van der Waals surface area (Å²) in [7, 11) is 0. The molecule has 1 aliphatic rings. The maximum atomic E-state index is 11.9. The fourth-order valence-electron chi connectivity index (χ4n) is 2.16. The number of urea groups is 1. The number of nitrogens with one attached hydrogen (secondary N) is 2. The van der Waals surface area contributed by atoms with Crippen LogP contribution in [-0.2, 0) is 4.79 Å². The van der Waals surface area contributed by atoms with Crippen LogP contribution in [0.25, 0.3) is 6.08 Å².